The van der Waals surface area contributed by atoms with E-state index in [-0.39, 0.29) is 0 Å². The van der Waals surface area contributed by atoms with Crippen molar-refractivity contribution in [1.29, 1.82) is 0 Å². The lowest BCUT2D eigenvalue weighted by Crippen LogP contribution is -2.14. The topological polar surface area (TPSA) is 28.5 Å². The summed E-state index contributed by atoms with van der Waals surface area (Å²) >= 11 is 0. The van der Waals surface area contributed by atoms with Crippen LogP contribution < -0.4 is 0 Å². The number of aromatic nitrogens is 1. The smallest absolute Gasteiger partial charge is 0.0910 e. The molecule has 0 unspecified atom stereocenters. The maximum atomic E-state index is 4.44. The second kappa shape index (κ2) is 4.91. The lowest BCUT2D eigenvalue weighted by Gasteiger charge is -2.09. The number of rotatable bonds is 3. The summed E-state index contributed by atoms with van der Waals surface area (Å²) < 4.78 is 0. The van der Waals surface area contributed by atoms with E-state index in [9.17, 15) is 0 Å². The van der Waals surface area contributed by atoms with Gasteiger partial charge >= 0.3 is 0 Å². The van der Waals surface area contributed by atoms with Crippen LogP contribution in [0.15, 0.2) is 11.1 Å². The van der Waals surface area contributed by atoms with Gasteiger partial charge in [0.05, 0.1) is 17.7 Å². The molecule has 0 bridgehead atoms. The maximum Gasteiger partial charge on any atom is 0.0910 e. The summed E-state index contributed by atoms with van der Waals surface area (Å²) in [6.07, 6.45) is 1.85. The van der Waals surface area contributed by atoms with Gasteiger partial charge in [0.15, 0.2) is 0 Å². The van der Waals surface area contributed by atoms with Crippen LogP contribution in [-0.2, 0) is 0 Å². The van der Waals surface area contributed by atoms with Crippen molar-refractivity contribution in [2.75, 3.05) is 13.6 Å². The normalized spacial score (nSPS) is 11.0. The second-order valence-electron chi connectivity index (χ2n) is 3.81. The molecule has 0 fully saturated rings. The van der Waals surface area contributed by atoms with E-state index in [0.29, 0.717) is 0 Å². The molecule has 0 atom stereocenters. The fraction of sp³-hybridized carbons (Fsp3) is 0.500. The van der Waals surface area contributed by atoms with E-state index in [2.05, 4.69) is 29.9 Å². The monoisotopic (exact) mass is 205 g/mol. The van der Waals surface area contributed by atoms with Crippen molar-refractivity contribution < 1.29 is 0 Å². The third-order valence-electron chi connectivity index (χ3n) is 2.52. The summed E-state index contributed by atoms with van der Waals surface area (Å²) in [5.41, 5.74) is 4.21. The van der Waals surface area contributed by atoms with E-state index in [1.807, 2.05) is 32.1 Å². The molecular weight excluding hydrogens is 186 g/mol. The fourth-order valence-electron chi connectivity index (χ4n) is 1.18. The molecule has 0 aliphatic carbocycles. The quantitative estimate of drug-likeness (QED) is 0.560. The first-order chi connectivity index (χ1) is 7.04. The molecule has 3 nitrogen and oxygen atoms in total. The van der Waals surface area contributed by atoms with Crippen molar-refractivity contribution >= 4 is 12.0 Å². The largest absolute Gasteiger partial charge is 0.366 e. The molecule has 1 rings (SSSR count). The zero-order chi connectivity index (χ0) is 11.4. The number of aliphatic imine (C=N–C) groups is 1. The van der Waals surface area contributed by atoms with E-state index < -0.39 is 0 Å². The van der Waals surface area contributed by atoms with Gasteiger partial charge in [-0.1, -0.05) is 0 Å². The van der Waals surface area contributed by atoms with Crippen LogP contribution in [0.25, 0.3) is 0 Å². The summed E-state index contributed by atoms with van der Waals surface area (Å²) in [6, 6.07) is 2.08. The third kappa shape index (κ3) is 3.05. The Kier molecular flexibility index (Phi) is 3.83. The van der Waals surface area contributed by atoms with Gasteiger partial charge in [-0.05, 0) is 39.3 Å². The Hall–Kier alpha value is -1.38. The highest BCUT2D eigenvalue weighted by Gasteiger charge is 2.01. The number of pyridine rings is 1. The van der Waals surface area contributed by atoms with E-state index >= 15 is 0 Å². The van der Waals surface area contributed by atoms with Crippen molar-refractivity contribution in [3.05, 3.63) is 23.0 Å². The Morgan fingerprint density at radius 2 is 2.00 bits per heavy atom. The first kappa shape index (κ1) is 11.7. The molecule has 15 heavy (non-hydrogen) atoms. The van der Waals surface area contributed by atoms with Crippen LogP contribution in [0, 0.1) is 20.8 Å². The molecule has 0 saturated heterocycles. The first-order valence-electron chi connectivity index (χ1n) is 5.24. The second-order valence-corrected chi connectivity index (χ2v) is 3.81. The molecule has 0 N–H and O–H groups in total. The number of aryl methyl sites for hydroxylation is 3. The van der Waals surface area contributed by atoms with Gasteiger partial charge in [0.2, 0.25) is 0 Å². The van der Waals surface area contributed by atoms with Crippen LogP contribution in [-0.4, -0.2) is 29.8 Å². The predicted octanol–water partition coefficient (Wildman–Crippen LogP) is 2.62. The van der Waals surface area contributed by atoms with Crippen LogP contribution >= 0.6 is 0 Å². The molecule has 1 heterocycles. The van der Waals surface area contributed by atoms with Crippen molar-refractivity contribution in [3.8, 4) is 0 Å². The minimum Gasteiger partial charge on any atom is -0.366 e. The highest BCUT2D eigenvalue weighted by Crippen LogP contribution is 2.19. The van der Waals surface area contributed by atoms with E-state index in [1.165, 1.54) is 5.56 Å². The Morgan fingerprint density at radius 1 is 1.33 bits per heavy atom. The van der Waals surface area contributed by atoms with Gasteiger partial charge in [-0.2, -0.15) is 0 Å². The van der Waals surface area contributed by atoms with Crippen molar-refractivity contribution in [2.24, 2.45) is 4.99 Å². The highest BCUT2D eigenvalue weighted by atomic mass is 15.1. The van der Waals surface area contributed by atoms with Gasteiger partial charge in [0, 0.05) is 19.3 Å². The number of hydrogen-bond donors (Lipinski definition) is 0. The fourth-order valence-corrected chi connectivity index (χ4v) is 1.18. The summed E-state index contributed by atoms with van der Waals surface area (Å²) in [6.45, 7) is 9.13. The Bertz CT molecular complexity index is 369. The molecule has 3 heteroatoms. The Morgan fingerprint density at radius 3 is 2.60 bits per heavy atom. The summed E-state index contributed by atoms with van der Waals surface area (Å²) in [7, 11) is 2.01. The zero-order valence-electron chi connectivity index (χ0n) is 10.2. The number of nitrogens with zero attached hydrogens (tertiary/aromatic N) is 3. The van der Waals surface area contributed by atoms with Gasteiger partial charge < -0.3 is 4.90 Å². The minimum absolute atomic E-state index is 0.957. The predicted molar refractivity (Wildman–Crippen MR) is 64.9 cm³/mol. The number of hydrogen-bond acceptors (Lipinski definition) is 2. The van der Waals surface area contributed by atoms with Crippen LogP contribution in [0.1, 0.15) is 23.9 Å². The molecule has 1 aromatic rings. The average Bonchev–Trinajstić information content (AvgIpc) is 2.21. The minimum atomic E-state index is 0.957. The van der Waals surface area contributed by atoms with Crippen molar-refractivity contribution in [2.45, 2.75) is 27.7 Å². The van der Waals surface area contributed by atoms with Crippen molar-refractivity contribution in [1.82, 2.24) is 9.88 Å². The van der Waals surface area contributed by atoms with Gasteiger partial charge in [-0.15, -0.1) is 0 Å². The first-order valence-corrected chi connectivity index (χ1v) is 5.24. The standard InChI is InChI=1S/C12H19N3/c1-6-15(5)8-13-12-7-9(2)10(3)14-11(12)4/h7-8H,6H2,1-5H3. The molecule has 0 aromatic carbocycles. The van der Waals surface area contributed by atoms with Crippen LogP contribution in [0.5, 0.6) is 0 Å². The van der Waals surface area contributed by atoms with E-state index in [1.54, 1.807) is 0 Å². The van der Waals surface area contributed by atoms with Crippen LogP contribution in [0.4, 0.5) is 5.69 Å². The molecule has 82 valence electrons. The van der Waals surface area contributed by atoms with Gasteiger partial charge in [0.1, 0.15) is 0 Å². The molecule has 0 aliphatic heterocycles. The third-order valence-corrected chi connectivity index (χ3v) is 2.52. The average molecular weight is 205 g/mol. The molecule has 0 radical (unpaired) electrons. The summed E-state index contributed by atoms with van der Waals surface area (Å²) in [5, 5.41) is 0. The maximum absolute atomic E-state index is 4.44. The lowest BCUT2D eigenvalue weighted by atomic mass is 10.2. The molecule has 0 saturated carbocycles. The Balaban J connectivity index is 2.95. The highest BCUT2D eigenvalue weighted by molar-refractivity contribution is 5.62. The van der Waals surface area contributed by atoms with E-state index in [0.717, 1.165) is 23.6 Å². The molecular formula is C12H19N3. The summed E-state index contributed by atoms with van der Waals surface area (Å²) in [5.74, 6) is 0. The molecule has 0 spiro atoms. The van der Waals surface area contributed by atoms with Crippen molar-refractivity contribution in [3.63, 3.8) is 0 Å². The Labute approximate surface area is 91.9 Å². The van der Waals surface area contributed by atoms with Gasteiger partial charge in [-0.25, -0.2) is 4.99 Å². The van der Waals surface area contributed by atoms with Crippen LogP contribution in [0.2, 0.25) is 0 Å². The molecule has 1 aromatic heterocycles. The zero-order valence-corrected chi connectivity index (χ0v) is 10.2. The molecule has 0 amide bonds. The summed E-state index contributed by atoms with van der Waals surface area (Å²) in [4.78, 5) is 10.9. The lowest BCUT2D eigenvalue weighted by molar-refractivity contribution is 0.552. The molecule has 0 aliphatic rings. The SMILES string of the molecule is CCN(C)C=Nc1cc(C)c(C)nc1C. The van der Waals surface area contributed by atoms with Crippen LogP contribution in [0.3, 0.4) is 0 Å². The van der Waals surface area contributed by atoms with Gasteiger partial charge in [0.25, 0.3) is 0 Å². The van der Waals surface area contributed by atoms with Gasteiger partial charge in [-0.3, -0.25) is 4.98 Å². The van der Waals surface area contributed by atoms with E-state index in [4.69, 9.17) is 0 Å².